The van der Waals surface area contributed by atoms with Gasteiger partial charge in [-0.1, -0.05) is 44.7 Å². The molecule has 1 saturated carbocycles. The van der Waals surface area contributed by atoms with E-state index in [4.69, 9.17) is 21.5 Å². The number of unbranched alkanes of at least 4 members (excludes halogenated alkanes) is 1. The Bertz CT molecular complexity index is 1510. The van der Waals surface area contributed by atoms with E-state index in [0.29, 0.717) is 44.0 Å². The zero-order valence-corrected chi connectivity index (χ0v) is 26.7. The second-order valence-electron chi connectivity index (χ2n) is 12.7. The van der Waals surface area contributed by atoms with Crippen LogP contribution >= 0.6 is 12.2 Å². The van der Waals surface area contributed by atoms with Crippen LogP contribution in [0.3, 0.4) is 0 Å². The Balaban J connectivity index is 1.06. The summed E-state index contributed by atoms with van der Waals surface area (Å²) in [5.41, 5.74) is 1.15. The Morgan fingerprint density at radius 2 is 1.71 bits per heavy atom. The lowest BCUT2D eigenvalue weighted by atomic mass is 9.78. The molecule has 1 spiro atoms. The Labute approximate surface area is 269 Å². The van der Waals surface area contributed by atoms with Crippen molar-refractivity contribution in [2.45, 2.75) is 88.9 Å². The average Bonchev–Trinajstić information content (AvgIpc) is 3.51. The fourth-order valence-corrected chi connectivity index (χ4v) is 7.26. The standard InChI is InChI=1S/C34H43N5O5S/c1-2-3-19-39-31(41)28(29(40)24-7-5-4-6-8-24)35-32(42)34(39)17-20-38(21-18-34)22-23-9-13-26(14-10-23)43-27-15-11-25(12-16-27)30-36-33(45)44-37-30/h9-16,24,28-29,40H,2-8,17-22H2,1H3,(H,35,42)(H,36,37,45)/t28-,29-/m1/s1. The van der Waals surface area contributed by atoms with Gasteiger partial charge < -0.3 is 24.6 Å². The number of nitrogens with zero attached hydrogens (tertiary/aromatic N) is 3. The van der Waals surface area contributed by atoms with Crippen LogP contribution in [0.5, 0.6) is 11.5 Å². The molecular formula is C34H43N5O5S. The van der Waals surface area contributed by atoms with Gasteiger partial charge in [0.1, 0.15) is 23.1 Å². The summed E-state index contributed by atoms with van der Waals surface area (Å²) in [7, 11) is 0. The van der Waals surface area contributed by atoms with Gasteiger partial charge in [-0.2, -0.15) is 4.98 Å². The van der Waals surface area contributed by atoms with Crippen molar-refractivity contribution in [2.75, 3.05) is 19.6 Å². The minimum atomic E-state index is -0.849. The number of likely N-dealkylation sites (tertiary alicyclic amines) is 1. The van der Waals surface area contributed by atoms with E-state index in [1.54, 1.807) is 0 Å². The first-order valence-electron chi connectivity index (χ1n) is 16.3. The highest BCUT2D eigenvalue weighted by Crippen LogP contribution is 2.36. The fourth-order valence-electron chi connectivity index (χ4n) is 7.13. The maximum absolute atomic E-state index is 13.9. The van der Waals surface area contributed by atoms with E-state index < -0.39 is 17.7 Å². The summed E-state index contributed by atoms with van der Waals surface area (Å²) >= 11 is 4.92. The van der Waals surface area contributed by atoms with E-state index in [1.165, 1.54) is 6.42 Å². The maximum atomic E-state index is 13.9. The summed E-state index contributed by atoms with van der Waals surface area (Å²) in [5.74, 6) is 1.87. The first-order chi connectivity index (χ1) is 21.9. The molecule has 0 unspecified atom stereocenters. The molecule has 0 radical (unpaired) electrons. The molecule has 6 rings (SSSR count). The second kappa shape index (κ2) is 13.8. The topological polar surface area (TPSA) is 124 Å². The third-order valence-electron chi connectivity index (χ3n) is 9.78. The normalized spacial score (nSPS) is 21.6. The molecule has 3 aliphatic rings. The van der Waals surface area contributed by atoms with Gasteiger partial charge in [-0.25, -0.2) is 5.16 Å². The molecule has 3 N–H and O–H groups in total. The zero-order chi connectivity index (χ0) is 31.4. The minimum Gasteiger partial charge on any atom is -0.457 e. The largest absolute Gasteiger partial charge is 0.457 e. The molecular weight excluding hydrogens is 590 g/mol. The molecule has 3 fully saturated rings. The SMILES string of the molecule is CCCCN1C(=O)[C@@H]([C@H](O)C2CCCCC2)NC(=O)C12CCN(Cc1ccc(Oc3ccc(-c4nc(=S)o[nH]4)cc3)cc1)CC2. The number of carbonyl (C=O) groups is 2. The van der Waals surface area contributed by atoms with Crippen LogP contribution in [0.2, 0.25) is 0 Å². The quantitative estimate of drug-likeness (QED) is 0.247. The van der Waals surface area contributed by atoms with Crippen LogP contribution in [0.4, 0.5) is 0 Å². The van der Waals surface area contributed by atoms with Crippen molar-refractivity contribution >= 4 is 24.0 Å². The van der Waals surface area contributed by atoms with Crippen LogP contribution in [-0.4, -0.2) is 74.2 Å². The van der Waals surface area contributed by atoms with E-state index >= 15 is 0 Å². The van der Waals surface area contributed by atoms with E-state index in [9.17, 15) is 14.7 Å². The van der Waals surface area contributed by atoms with Crippen molar-refractivity contribution in [3.63, 3.8) is 0 Å². The molecule has 1 aliphatic carbocycles. The maximum Gasteiger partial charge on any atom is 0.314 e. The number of rotatable bonds is 10. The highest BCUT2D eigenvalue weighted by atomic mass is 32.1. The Kier molecular flexibility index (Phi) is 9.67. The van der Waals surface area contributed by atoms with Crippen molar-refractivity contribution in [3.8, 4) is 22.9 Å². The van der Waals surface area contributed by atoms with Crippen LogP contribution in [0, 0.1) is 10.8 Å². The van der Waals surface area contributed by atoms with E-state index in [-0.39, 0.29) is 22.6 Å². The van der Waals surface area contributed by atoms with Crippen LogP contribution in [-0.2, 0) is 16.1 Å². The number of benzene rings is 2. The molecule has 3 aromatic rings. The van der Waals surface area contributed by atoms with Crippen molar-refractivity contribution in [1.82, 2.24) is 25.3 Å². The van der Waals surface area contributed by atoms with Crippen LogP contribution in [0.15, 0.2) is 53.1 Å². The summed E-state index contributed by atoms with van der Waals surface area (Å²) in [4.78, 5) is 36.1. The number of carbonyl (C=O) groups excluding carboxylic acids is 2. The fraction of sp³-hybridized carbons (Fsp3) is 0.529. The average molecular weight is 634 g/mol. The molecule has 11 heteroatoms. The summed E-state index contributed by atoms with van der Waals surface area (Å²) in [6, 6.07) is 14.7. The van der Waals surface area contributed by atoms with Crippen molar-refractivity contribution in [3.05, 3.63) is 58.9 Å². The highest BCUT2D eigenvalue weighted by molar-refractivity contribution is 7.71. The number of aromatic nitrogens is 2. The minimum absolute atomic E-state index is 0.0687. The first-order valence-corrected chi connectivity index (χ1v) is 16.7. The van der Waals surface area contributed by atoms with Gasteiger partial charge in [-0.15, -0.1) is 0 Å². The molecule has 10 nitrogen and oxygen atoms in total. The number of piperidine rings is 1. The lowest BCUT2D eigenvalue weighted by molar-refractivity contribution is -0.166. The lowest BCUT2D eigenvalue weighted by Gasteiger charge is -2.52. The van der Waals surface area contributed by atoms with Gasteiger partial charge in [0.15, 0.2) is 5.82 Å². The Morgan fingerprint density at radius 3 is 2.33 bits per heavy atom. The molecule has 45 heavy (non-hydrogen) atoms. The van der Waals surface area contributed by atoms with Crippen LogP contribution in [0.1, 0.15) is 70.3 Å². The lowest BCUT2D eigenvalue weighted by Crippen LogP contribution is -2.75. The second-order valence-corrected chi connectivity index (χ2v) is 13.0. The number of amides is 2. The third-order valence-corrected chi connectivity index (χ3v) is 9.96. The van der Waals surface area contributed by atoms with Gasteiger partial charge in [0, 0.05) is 31.7 Å². The summed E-state index contributed by atoms with van der Waals surface area (Å²) in [5, 5.41) is 16.9. The van der Waals surface area contributed by atoms with Gasteiger partial charge in [-0.3, -0.25) is 14.5 Å². The molecule has 3 heterocycles. The molecule has 2 saturated heterocycles. The molecule has 2 amide bonds. The van der Waals surface area contributed by atoms with Gasteiger partial charge in [0.25, 0.3) is 0 Å². The molecule has 240 valence electrons. The number of H-pyrrole nitrogens is 1. The van der Waals surface area contributed by atoms with Gasteiger partial charge in [-0.05, 0) is 92.2 Å². The molecule has 2 atom stereocenters. The molecule has 2 aliphatic heterocycles. The molecule has 2 aromatic carbocycles. The summed E-state index contributed by atoms with van der Waals surface area (Å²) in [6.45, 7) is 4.81. The highest BCUT2D eigenvalue weighted by Gasteiger charge is 2.55. The van der Waals surface area contributed by atoms with E-state index in [0.717, 1.165) is 61.9 Å². The third kappa shape index (κ3) is 6.85. The summed E-state index contributed by atoms with van der Waals surface area (Å²) in [6.07, 6.45) is 7.25. The monoisotopic (exact) mass is 633 g/mol. The van der Waals surface area contributed by atoms with Gasteiger partial charge in [0.2, 0.25) is 11.8 Å². The smallest absolute Gasteiger partial charge is 0.314 e. The number of piperazine rings is 1. The van der Waals surface area contributed by atoms with Gasteiger partial charge >= 0.3 is 4.84 Å². The number of hydrogen-bond donors (Lipinski definition) is 3. The summed E-state index contributed by atoms with van der Waals surface area (Å²) < 4.78 is 11.0. The number of aliphatic hydroxyl groups excluding tert-OH is 1. The predicted molar refractivity (Wildman–Crippen MR) is 172 cm³/mol. The van der Waals surface area contributed by atoms with Crippen molar-refractivity contribution in [1.29, 1.82) is 0 Å². The number of nitrogens with one attached hydrogen (secondary N) is 2. The Hall–Kier alpha value is -3.54. The first kappa shape index (κ1) is 31.4. The van der Waals surface area contributed by atoms with E-state index in [1.807, 2.05) is 41.3 Å². The van der Waals surface area contributed by atoms with Crippen molar-refractivity contribution in [2.24, 2.45) is 5.92 Å². The number of aromatic amines is 1. The van der Waals surface area contributed by atoms with Crippen molar-refractivity contribution < 1.29 is 24.0 Å². The number of ether oxygens (including phenoxy) is 1. The molecule has 0 bridgehead atoms. The number of hydrogen-bond acceptors (Lipinski definition) is 8. The Morgan fingerprint density at radius 1 is 1.04 bits per heavy atom. The van der Waals surface area contributed by atoms with Crippen LogP contribution < -0.4 is 10.1 Å². The zero-order valence-electron chi connectivity index (χ0n) is 25.9. The predicted octanol–water partition coefficient (Wildman–Crippen LogP) is 5.59. The molecule has 1 aromatic heterocycles. The van der Waals surface area contributed by atoms with Gasteiger partial charge in [0.05, 0.1) is 6.10 Å². The number of aliphatic hydroxyl groups is 1. The van der Waals surface area contributed by atoms with E-state index in [2.05, 4.69) is 39.4 Å². The van der Waals surface area contributed by atoms with Crippen LogP contribution in [0.25, 0.3) is 11.4 Å².